The maximum absolute atomic E-state index is 2.48. The van der Waals surface area contributed by atoms with Gasteiger partial charge in [-0.25, -0.2) is 0 Å². The number of unbranched alkanes of at least 4 members (excludes halogenated alkanes) is 8. The molecular weight excluding hydrogens is 349 g/mol. The molecule has 0 fully saturated rings. The zero-order chi connectivity index (χ0) is 19.8. The quantitative estimate of drug-likeness (QED) is 0.245. The van der Waals surface area contributed by atoms with Crippen LogP contribution < -0.4 is 5.22 Å². The first-order valence-corrected chi connectivity index (χ1v) is 12.4. The maximum atomic E-state index is 2.48. The predicted octanol–water partition coefficient (Wildman–Crippen LogP) is 6.56. The summed E-state index contributed by atoms with van der Waals surface area (Å²) in [6, 6.07) is 11.8. The molecule has 1 heteroatoms. The van der Waals surface area contributed by atoms with Crippen LogP contribution in [0.1, 0.15) is 94.7 Å². The molecule has 0 radical (unpaired) electrons. The summed E-state index contributed by atoms with van der Waals surface area (Å²) in [7, 11) is 0. The van der Waals surface area contributed by atoms with Crippen molar-refractivity contribution < 1.29 is 0 Å². The molecule has 0 bridgehead atoms. The Morgan fingerprint density at radius 1 is 0.679 bits per heavy atom. The molecule has 0 aliphatic heterocycles. The molecule has 0 saturated heterocycles. The van der Waals surface area contributed by atoms with Gasteiger partial charge in [-0.1, -0.05) is 20.3 Å². The van der Waals surface area contributed by atoms with Gasteiger partial charge in [-0.05, 0) is 0 Å². The van der Waals surface area contributed by atoms with E-state index in [-0.39, 0.29) is 0 Å². The summed E-state index contributed by atoms with van der Waals surface area (Å²) in [6.45, 7) is 4.60. The molecule has 0 heterocycles. The molecule has 3 rings (SSSR count). The fraction of sp³-hybridized carbons (Fsp3) is 0.519. The van der Waals surface area contributed by atoms with Gasteiger partial charge in [0.15, 0.2) is 0 Å². The van der Waals surface area contributed by atoms with Crippen LogP contribution >= 0.6 is 0 Å². The normalized spacial score (nSPS) is 12.0. The third-order valence-electron chi connectivity index (χ3n) is 6.24. The summed E-state index contributed by atoms with van der Waals surface area (Å²) in [5.41, 5.74) is 4.70. The van der Waals surface area contributed by atoms with Gasteiger partial charge in [-0.15, -0.1) is 0 Å². The van der Waals surface area contributed by atoms with Crippen molar-refractivity contribution in [2.24, 2.45) is 0 Å². The van der Waals surface area contributed by atoms with Crippen LogP contribution in [0.3, 0.4) is 0 Å². The van der Waals surface area contributed by atoms with Gasteiger partial charge < -0.3 is 0 Å². The van der Waals surface area contributed by atoms with Crippen LogP contribution in [-0.4, -0.2) is 21.2 Å². The SMILES string of the molecule is CCCCCCCc1ccc2c(c1CCCCCCC)=Cc1c[c](=[Mg])ccc1=2. The fourth-order valence-electron chi connectivity index (χ4n) is 4.60. The number of hydrogen-bond donors (Lipinski definition) is 0. The standard InChI is InChI=1S/C27H36.Mg/c1-3-5-7-9-11-15-22-19-20-26-25-18-14-13-16-23(25)21-27(26)24(22)17-12-10-8-6-4-2;/h14,16,18-21H,3-12,15,17H2,1-2H3;. The second kappa shape index (κ2) is 11.3. The molecule has 0 aromatic heterocycles. The molecule has 1 aliphatic rings. The van der Waals surface area contributed by atoms with Crippen molar-refractivity contribution in [2.75, 3.05) is 0 Å². The second-order valence-corrected chi connectivity index (χ2v) is 9.38. The fourth-order valence-corrected chi connectivity index (χ4v) is 4.93. The topological polar surface area (TPSA) is 0 Å². The minimum atomic E-state index is 1.25. The number of benzene rings is 2. The zero-order valence-electron chi connectivity index (χ0n) is 18.2. The van der Waals surface area contributed by atoms with E-state index in [2.05, 4.69) is 50.3 Å². The van der Waals surface area contributed by atoms with Crippen LogP contribution in [0.15, 0.2) is 30.3 Å². The van der Waals surface area contributed by atoms with E-state index in [1.807, 2.05) is 21.2 Å². The Kier molecular flexibility index (Phi) is 8.80. The average Bonchev–Trinajstić information content (AvgIpc) is 3.06. The van der Waals surface area contributed by atoms with E-state index < -0.39 is 0 Å². The first-order valence-electron chi connectivity index (χ1n) is 11.7. The molecule has 1 aliphatic carbocycles. The van der Waals surface area contributed by atoms with Crippen LogP contribution in [0.25, 0.3) is 6.08 Å². The van der Waals surface area contributed by atoms with Crippen LogP contribution in [0.2, 0.25) is 0 Å². The van der Waals surface area contributed by atoms with Gasteiger partial charge in [0.2, 0.25) is 0 Å². The molecule has 0 amide bonds. The van der Waals surface area contributed by atoms with Crippen molar-refractivity contribution in [3.8, 4) is 0 Å². The van der Waals surface area contributed by atoms with Gasteiger partial charge in [0.25, 0.3) is 0 Å². The molecule has 0 N–H and O–H groups in total. The molecule has 2 aromatic rings. The van der Waals surface area contributed by atoms with Crippen molar-refractivity contribution in [1.29, 1.82) is 0 Å². The first kappa shape index (κ1) is 21.8. The predicted molar refractivity (Wildman–Crippen MR) is 123 cm³/mol. The van der Waals surface area contributed by atoms with Gasteiger partial charge in [0.1, 0.15) is 0 Å². The summed E-state index contributed by atoms with van der Waals surface area (Å²) in [4.78, 5) is 0. The van der Waals surface area contributed by atoms with Crippen molar-refractivity contribution in [3.05, 3.63) is 66.0 Å². The van der Waals surface area contributed by atoms with E-state index in [0.29, 0.717) is 0 Å². The van der Waals surface area contributed by atoms with E-state index in [0.717, 1.165) is 0 Å². The van der Waals surface area contributed by atoms with Gasteiger partial charge in [0.05, 0.1) is 0 Å². The summed E-state index contributed by atoms with van der Waals surface area (Å²) in [5, 5.41) is 4.44. The number of fused-ring (bicyclic) bond motifs is 2. The van der Waals surface area contributed by atoms with E-state index in [4.69, 9.17) is 0 Å². The van der Waals surface area contributed by atoms with Crippen molar-refractivity contribution >= 4 is 27.3 Å². The Morgan fingerprint density at radius 3 is 2.04 bits per heavy atom. The van der Waals surface area contributed by atoms with Gasteiger partial charge in [-0.3, -0.25) is 0 Å². The number of rotatable bonds is 12. The van der Waals surface area contributed by atoms with Crippen LogP contribution in [-0.2, 0) is 12.8 Å². The Morgan fingerprint density at radius 2 is 1.32 bits per heavy atom. The molecule has 28 heavy (non-hydrogen) atoms. The molecule has 0 spiro atoms. The monoisotopic (exact) mass is 384 g/mol. The third kappa shape index (κ3) is 5.57. The van der Waals surface area contributed by atoms with Gasteiger partial charge in [0, 0.05) is 0 Å². The van der Waals surface area contributed by atoms with Crippen LogP contribution in [0, 0.1) is 13.7 Å². The summed E-state index contributed by atoms with van der Waals surface area (Å²) < 4.78 is 1.39. The second-order valence-electron chi connectivity index (χ2n) is 8.56. The molecule has 0 atom stereocenters. The third-order valence-corrected chi connectivity index (χ3v) is 6.68. The Balaban J connectivity index is 1.86. The number of aryl methyl sites for hydroxylation is 1. The van der Waals surface area contributed by atoms with E-state index in [9.17, 15) is 0 Å². The molecule has 0 nitrogen and oxygen atoms in total. The van der Waals surface area contributed by atoms with Gasteiger partial charge >= 0.3 is 164 Å². The molecule has 146 valence electrons. The molecule has 0 saturated carbocycles. The van der Waals surface area contributed by atoms with Crippen molar-refractivity contribution in [1.82, 2.24) is 0 Å². The van der Waals surface area contributed by atoms with E-state index in [1.54, 1.807) is 11.1 Å². The van der Waals surface area contributed by atoms with E-state index >= 15 is 0 Å². The summed E-state index contributed by atoms with van der Waals surface area (Å²) >= 11 is 1.99. The molecular formula is C27H36Mg. The van der Waals surface area contributed by atoms with Crippen molar-refractivity contribution in [3.63, 3.8) is 0 Å². The summed E-state index contributed by atoms with van der Waals surface area (Å²) in [6.07, 6.45) is 18.6. The Labute approximate surface area is 183 Å². The molecule has 2 aromatic carbocycles. The average molecular weight is 385 g/mol. The zero-order valence-corrected chi connectivity index (χ0v) is 19.6. The van der Waals surface area contributed by atoms with Crippen LogP contribution in [0.5, 0.6) is 0 Å². The van der Waals surface area contributed by atoms with E-state index in [1.165, 1.54) is 102 Å². The minimum absolute atomic E-state index is 1.25. The van der Waals surface area contributed by atoms with Crippen molar-refractivity contribution in [2.45, 2.75) is 90.9 Å². The Hall–Kier alpha value is -0.924. The Bertz CT molecular complexity index is 971. The van der Waals surface area contributed by atoms with Crippen LogP contribution in [0.4, 0.5) is 0 Å². The number of hydrogen-bond acceptors (Lipinski definition) is 0. The summed E-state index contributed by atoms with van der Waals surface area (Å²) in [5.74, 6) is 0. The first-order chi connectivity index (χ1) is 13.7. The van der Waals surface area contributed by atoms with Gasteiger partial charge in [-0.2, -0.15) is 0 Å². The molecule has 0 unspecified atom stereocenters.